The molecule has 0 bridgehead atoms. The summed E-state index contributed by atoms with van der Waals surface area (Å²) in [5.41, 5.74) is 9.02. The van der Waals surface area contributed by atoms with Crippen LogP contribution in [0.4, 0.5) is 11.5 Å². The predicted molar refractivity (Wildman–Crippen MR) is 69.2 cm³/mol. The number of non-ortho nitro benzene ring substituents is 1. The maximum atomic E-state index is 10.9. The van der Waals surface area contributed by atoms with Gasteiger partial charge in [0.15, 0.2) is 0 Å². The minimum atomic E-state index is -0.401. The molecule has 0 aliphatic rings. The molecule has 0 saturated carbocycles. The lowest BCUT2D eigenvalue weighted by Gasteiger charge is -2.03. The summed E-state index contributed by atoms with van der Waals surface area (Å²) < 4.78 is 0. The highest BCUT2D eigenvalue weighted by Gasteiger charge is 2.15. The third-order valence-electron chi connectivity index (χ3n) is 2.81. The molecule has 1 aromatic carbocycles. The Kier molecular flexibility index (Phi) is 3.01. The third kappa shape index (κ3) is 2.04. The summed E-state index contributed by atoms with van der Waals surface area (Å²) in [5, 5.41) is 17.6. The number of H-pyrrole nitrogens is 1. The SMILES string of the molecule is CCc1c(N)n[nH]c1-c1cc(C)cc([N+](=O)[O-])c1. The van der Waals surface area contributed by atoms with Crippen LogP contribution in [0, 0.1) is 17.0 Å². The number of anilines is 1. The van der Waals surface area contributed by atoms with Crippen molar-refractivity contribution < 1.29 is 4.92 Å². The van der Waals surface area contributed by atoms with E-state index in [0.29, 0.717) is 5.82 Å². The second kappa shape index (κ2) is 4.48. The molecule has 1 aromatic heterocycles. The average Bonchev–Trinajstić information content (AvgIpc) is 2.69. The fraction of sp³-hybridized carbons (Fsp3) is 0.250. The number of rotatable bonds is 3. The molecule has 0 saturated heterocycles. The van der Waals surface area contributed by atoms with Crippen molar-refractivity contribution in [3.63, 3.8) is 0 Å². The highest BCUT2D eigenvalue weighted by atomic mass is 16.6. The normalized spacial score (nSPS) is 10.6. The Bertz CT molecular complexity index is 604. The maximum absolute atomic E-state index is 10.9. The zero-order valence-corrected chi connectivity index (χ0v) is 10.2. The Labute approximate surface area is 104 Å². The third-order valence-corrected chi connectivity index (χ3v) is 2.81. The van der Waals surface area contributed by atoms with E-state index in [2.05, 4.69) is 10.2 Å². The van der Waals surface area contributed by atoms with E-state index in [-0.39, 0.29) is 5.69 Å². The standard InChI is InChI=1S/C12H14N4O2/c1-3-10-11(14-15-12(10)13)8-4-7(2)5-9(6-8)16(17)18/h4-6H,3H2,1-2H3,(H3,13,14,15). The van der Waals surface area contributed by atoms with Crippen LogP contribution in [0.25, 0.3) is 11.3 Å². The van der Waals surface area contributed by atoms with Crippen molar-refractivity contribution in [3.8, 4) is 11.3 Å². The Hall–Kier alpha value is -2.37. The fourth-order valence-corrected chi connectivity index (χ4v) is 1.99. The van der Waals surface area contributed by atoms with Crippen LogP contribution in [-0.2, 0) is 6.42 Å². The second-order valence-electron chi connectivity index (χ2n) is 4.13. The Balaban J connectivity index is 2.60. The second-order valence-corrected chi connectivity index (χ2v) is 4.13. The molecule has 2 aromatic rings. The van der Waals surface area contributed by atoms with E-state index in [1.165, 1.54) is 12.1 Å². The van der Waals surface area contributed by atoms with Gasteiger partial charge in [0.1, 0.15) is 5.82 Å². The number of nitrogens with zero attached hydrogens (tertiary/aromatic N) is 2. The first-order valence-electron chi connectivity index (χ1n) is 5.62. The lowest BCUT2D eigenvalue weighted by atomic mass is 10.0. The number of nitrogens with one attached hydrogen (secondary N) is 1. The van der Waals surface area contributed by atoms with Gasteiger partial charge < -0.3 is 5.73 Å². The minimum Gasteiger partial charge on any atom is -0.382 e. The zero-order chi connectivity index (χ0) is 13.3. The summed E-state index contributed by atoms with van der Waals surface area (Å²) in [5.74, 6) is 0.441. The van der Waals surface area contributed by atoms with Crippen molar-refractivity contribution in [1.82, 2.24) is 10.2 Å². The molecular formula is C12H14N4O2. The summed E-state index contributed by atoms with van der Waals surface area (Å²) >= 11 is 0. The van der Waals surface area contributed by atoms with Gasteiger partial charge in [0.05, 0.1) is 10.6 Å². The maximum Gasteiger partial charge on any atom is 0.270 e. The molecule has 18 heavy (non-hydrogen) atoms. The molecule has 2 rings (SSSR count). The lowest BCUT2D eigenvalue weighted by molar-refractivity contribution is -0.384. The van der Waals surface area contributed by atoms with Crippen LogP contribution in [-0.4, -0.2) is 15.1 Å². The monoisotopic (exact) mass is 246 g/mol. The Morgan fingerprint density at radius 3 is 2.78 bits per heavy atom. The van der Waals surface area contributed by atoms with Crippen molar-refractivity contribution in [2.75, 3.05) is 5.73 Å². The molecule has 0 unspecified atom stereocenters. The van der Waals surface area contributed by atoms with Crippen LogP contribution in [0.1, 0.15) is 18.1 Å². The quantitative estimate of drug-likeness (QED) is 0.641. The molecule has 0 radical (unpaired) electrons. The summed E-state index contributed by atoms with van der Waals surface area (Å²) in [6.45, 7) is 3.79. The van der Waals surface area contributed by atoms with E-state index in [0.717, 1.165) is 28.8 Å². The number of aromatic nitrogens is 2. The molecule has 0 aliphatic heterocycles. The fourth-order valence-electron chi connectivity index (χ4n) is 1.99. The van der Waals surface area contributed by atoms with Crippen LogP contribution in [0.3, 0.4) is 0 Å². The highest BCUT2D eigenvalue weighted by Crippen LogP contribution is 2.29. The molecule has 0 amide bonds. The molecule has 6 nitrogen and oxygen atoms in total. The van der Waals surface area contributed by atoms with Gasteiger partial charge in [-0.3, -0.25) is 15.2 Å². The molecular weight excluding hydrogens is 232 g/mol. The van der Waals surface area contributed by atoms with Crippen LogP contribution in [0.5, 0.6) is 0 Å². The largest absolute Gasteiger partial charge is 0.382 e. The highest BCUT2D eigenvalue weighted by molar-refractivity contribution is 5.70. The van der Waals surface area contributed by atoms with E-state index in [9.17, 15) is 10.1 Å². The molecule has 1 heterocycles. The molecule has 6 heteroatoms. The van der Waals surface area contributed by atoms with Crippen molar-refractivity contribution in [2.45, 2.75) is 20.3 Å². The number of hydrogen-bond acceptors (Lipinski definition) is 4. The van der Waals surface area contributed by atoms with Crippen LogP contribution >= 0.6 is 0 Å². The van der Waals surface area contributed by atoms with Gasteiger partial charge >= 0.3 is 0 Å². The van der Waals surface area contributed by atoms with Gasteiger partial charge in [-0.15, -0.1) is 0 Å². The molecule has 0 atom stereocenters. The minimum absolute atomic E-state index is 0.0697. The number of nitrogen functional groups attached to an aromatic ring is 1. The number of nitrogens with two attached hydrogens (primary N) is 1. The van der Waals surface area contributed by atoms with Crippen molar-refractivity contribution in [2.24, 2.45) is 0 Å². The van der Waals surface area contributed by atoms with Crippen LogP contribution < -0.4 is 5.73 Å². The van der Waals surface area contributed by atoms with E-state index in [1.54, 1.807) is 0 Å². The number of hydrogen-bond donors (Lipinski definition) is 2. The van der Waals surface area contributed by atoms with Gasteiger partial charge in [0.2, 0.25) is 0 Å². The molecule has 94 valence electrons. The van der Waals surface area contributed by atoms with Crippen molar-refractivity contribution in [3.05, 3.63) is 39.4 Å². The number of nitro groups is 1. The smallest absolute Gasteiger partial charge is 0.270 e. The summed E-state index contributed by atoms with van der Waals surface area (Å²) in [7, 11) is 0. The molecule has 0 spiro atoms. The summed E-state index contributed by atoms with van der Waals surface area (Å²) in [4.78, 5) is 10.5. The van der Waals surface area contributed by atoms with Gasteiger partial charge in [-0.1, -0.05) is 6.92 Å². The zero-order valence-electron chi connectivity index (χ0n) is 10.2. The summed E-state index contributed by atoms with van der Waals surface area (Å²) in [6, 6.07) is 4.94. The Morgan fingerprint density at radius 1 is 1.44 bits per heavy atom. The van der Waals surface area contributed by atoms with Crippen LogP contribution in [0.2, 0.25) is 0 Å². The van der Waals surface area contributed by atoms with Gasteiger partial charge in [-0.25, -0.2) is 0 Å². The first kappa shape index (κ1) is 12.1. The summed E-state index contributed by atoms with van der Waals surface area (Å²) in [6.07, 6.45) is 0.722. The first-order chi connectivity index (χ1) is 8.52. The molecule has 0 fully saturated rings. The van der Waals surface area contributed by atoms with Gasteiger partial charge in [-0.05, 0) is 25.0 Å². The Morgan fingerprint density at radius 2 is 2.17 bits per heavy atom. The van der Waals surface area contributed by atoms with Gasteiger partial charge in [-0.2, -0.15) is 5.10 Å². The van der Waals surface area contributed by atoms with Gasteiger partial charge in [0.25, 0.3) is 5.69 Å². The number of nitro benzene ring substituents is 1. The average molecular weight is 246 g/mol. The number of aromatic amines is 1. The van der Waals surface area contributed by atoms with E-state index in [1.807, 2.05) is 19.9 Å². The van der Waals surface area contributed by atoms with E-state index >= 15 is 0 Å². The first-order valence-corrected chi connectivity index (χ1v) is 5.62. The molecule has 0 aliphatic carbocycles. The topological polar surface area (TPSA) is 97.8 Å². The number of aryl methyl sites for hydroxylation is 1. The number of benzene rings is 1. The lowest BCUT2D eigenvalue weighted by Crippen LogP contribution is -1.93. The van der Waals surface area contributed by atoms with Crippen LogP contribution in [0.15, 0.2) is 18.2 Å². The van der Waals surface area contributed by atoms with E-state index in [4.69, 9.17) is 5.73 Å². The van der Waals surface area contributed by atoms with Gasteiger partial charge in [0, 0.05) is 23.3 Å². The molecule has 3 N–H and O–H groups in total. The predicted octanol–water partition coefficient (Wildman–Crippen LogP) is 2.44. The van der Waals surface area contributed by atoms with E-state index < -0.39 is 4.92 Å². The van der Waals surface area contributed by atoms with Crippen molar-refractivity contribution in [1.29, 1.82) is 0 Å². The van der Waals surface area contributed by atoms with Crippen molar-refractivity contribution >= 4 is 11.5 Å².